The molecular weight excluding hydrogens is 556 g/mol. The molecule has 0 atom stereocenters. The number of rotatable bonds is 8. The number of likely N-dealkylation sites (N-methyl/N-ethyl adjacent to an activating group) is 1. The number of anilines is 1. The van der Waals surface area contributed by atoms with Crippen LogP contribution in [0, 0.1) is 0 Å². The molecule has 0 aliphatic carbocycles. The Morgan fingerprint density at radius 2 is 1.57 bits per heavy atom. The molecule has 0 bridgehead atoms. The molecule has 3 aromatic carbocycles. The predicted octanol–water partition coefficient (Wildman–Crippen LogP) is 1.69. The lowest BCUT2D eigenvalue weighted by atomic mass is 9.98. The van der Waals surface area contributed by atoms with Crippen molar-refractivity contribution in [2.45, 2.75) is 14.7 Å². The summed E-state index contributed by atoms with van der Waals surface area (Å²) in [6, 6.07) is 5.93. The van der Waals surface area contributed by atoms with E-state index in [1.54, 1.807) is 0 Å². The smallest absolute Gasteiger partial charge is 0.298 e. The highest BCUT2D eigenvalue weighted by Crippen LogP contribution is 2.47. The largest absolute Gasteiger partial charge is 0.505 e. The third-order valence-corrected chi connectivity index (χ3v) is 7.58. The number of nitrogen functional groups attached to an aromatic ring is 1. The lowest BCUT2D eigenvalue weighted by molar-refractivity contribution is 0.0994. The molecule has 0 aliphatic heterocycles. The maximum atomic E-state index is 12.7. The van der Waals surface area contributed by atoms with Gasteiger partial charge in [0.15, 0.2) is 17.2 Å². The van der Waals surface area contributed by atoms with E-state index in [2.05, 4.69) is 15.5 Å². The fraction of sp³-hybridized carbons (Fsp3) is 0.105. The van der Waals surface area contributed by atoms with E-state index in [-0.39, 0.29) is 0 Å². The number of phenolic OH excluding ortho intramolecular Hbond substituents is 1. The van der Waals surface area contributed by atoms with Gasteiger partial charge in [0, 0.05) is 16.3 Å². The van der Waals surface area contributed by atoms with Gasteiger partial charge in [0.1, 0.15) is 15.5 Å². The zero-order valence-electron chi connectivity index (χ0n) is 18.5. The van der Waals surface area contributed by atoms with Crippen molar-refractivity contribution in [1.29, 1.82) is 0 Å². The molecule has 3 rings (SSSR count). The van der Waals surface area contributed by atoms with E-state index in [9.17, 15) is 48.8 Å². The molecule has 0 heterocycles. The molecule has 0 unspecified atom stereocenters. The number of carbonyl (C=O) groups excluding carboxylic acids is 1. The van der Waals surface area contributed by atoms with E-state index in [0.717, 1.165) is 12.1 Å². The van der Waals surface area contributed by atoms with Crippen molar-refractivity contribution in [3.8, 4) is 5.75 Å². The lowest BCUT2D eigenvalue weighted by Crippen LogP contribution is -2.19. The van der Waals surface area contributed by atoms with Crippen LogP contribution in [0.1, 0.15) is 10.4 Å². The van der Waals surface area contributed by atoms with Crippen LogP contribution in [0.3, 0.4) is 0 Å². The summed E-state index contributed by atoms with van der Waals surface area (Å²) in [6.07, 6.45) is 0. The van der Waals surface area contributed by atoms with E-state index >= 15 is 0 Å². The van der Waals surface area contributed by atoms with Crippen molar-refractivity contribution in [2.75, 3.05) is 19.3 Å². The van der Waals surface area contributed by atoms with E-state index in [0.29, 0.717) is 12.1 Å². The van der Waals surface area contributed by atoms with Crippen LogP contribution in [-0.4, -0.2) is 63.4 Å². The first kappa shape index (κ1) is 28.1. The van der Waals surface area contributed by atoms with Gasteiger partial charge in [0.05, 0.1) is 17.1 Å². The van der Waals surface area contributed by atoms with Crippen LogP contribution in [0.15, 0.2) is 61.3 Å². The summed E-state index contributed by atoms with van der Waals surface area (Å²) in [7, 11) is -13.7. The Balaban J connectivity index is 2.52. The number of fused-ring (bicyclic) bond motifs is 1. The van der Waals surface area contributed by atoms with Crippen molar-refractivity contribution in [1.82, 2.24) is 5.32 Å². The molecule has 37 heavy (non-hydrogen) atoms. The van der Waals surface area contributed by atoms with Crippen molar-refractivity contribution >= 4 is 64.0 Å². The maximum Gasteiger partial charge on any atom is 0.298 e. The van der Waals surface area contributed by atoms with Gasteiger partial charge in [-0.1, -0.05) is 12.1 Å². The van der Waals surface area contributed by atoms with Crippen molar-refractivity contribution in [3.05, 3.63) is 42.0 Å². The summed E-state index contributed by atoms with van der Waals surface area (Å²) in [5, 5.41) is 19.5. The van der Waals surface area contributed by atoms with E-state index in [1.807, 2.05) is 0 Å². The number of aromatic hydroxyl groups is 1. The molecule has 198 valence electrons. The van der Waals surface area contributed by atoms with Gasteiger partial charge in [-0.25, -0.2) is 0 Å². The average Bonchev–Trinajstić information content (AvgIpc) is 2.77. The quantitative estimate of drug-likeness (QED) is 0.0736. The highest BCUT2D eigenvalue weighted by Gasteiger charge is 2.30. The van der Waals surface area contributed by atoms with Gasteiger partial charge < -0.3 is 16.2 Å². The summed E-state index contributed by atoms with van der Waals surface area (Å²) in [6.45, 7) is -0.401. The second-order valence-corrected chi connectivity index (χ2v) is 11.5. The van der Waals surface area contributed by atoms with Crippen LogP contribution < -0.4 is 11.1 Å². The lowest BCUT2D eigenvalue weighted by Gasteiger charge is -2.16. The summed E-state index contributed by atoms with van der Waals surface area (Å²) in [4.78, 5) is 9.86. The molecule has 0 amide bonds. The van der Waals surface area contributed by atoms with Gasteiger partial charge in [0.2, 0.25) is 0 Å². The van der Waals surface area contributed by atoms with Crippen molar-refractivity contribution < 1.29 is 48.8 Å². The number of hydrogen-bond donors (Lipinski definition) is 6. The number of nitrogens with one attached hydrogen (secondary N) is 1. The molecule has 0 fully saturated rings. The number of benzene rings is 3. The number of azo groups is 1. The molecule has 0 radical (unpaired) electrons. The number of nitrogens with two attached hydrogens (primary N) is 1. The van der Waals surface area contributed by atoms with Crippen LogP contribution in [0.25, 0.3) is 10.8 Å². The third kappa shape index (κ3) is 5.59. The van der Waals surface area contributed by atoms with E-state index < -0.39 is 96.5 Å². The fourth-order valence-electron chi connectivity index (χ4n) is 3.40. The molecule has 0 saturated carbocycles. The molecule has 0 aliphatic rings. The van der Waals surface area contributed by atoms with Gasteiger partial charge in [-0.15, -0.1) is 10.2 Å². The Hall–Kier alpha value is -3.52. The molecule has 0 saturated heterocycles. The summed E-state index contributed by atoms with van der Waals surface area (Å²) in [5.41, 5.74) is 2.97. The number of carbonyl (C=O) groups is 1. The minimum absolute atomic E-state index is 0.401. The zero-order chi connectivity index (χ0) is 27.9. The maximum absolute atomic E-state index is 12.7. The Morgan fingerprint density at radius 1 is 0.946 bits per heavy atom. The molecule has 3 aromatic rings. The van der Waals surface area contributed by atoms with E-state index in [4.69, 9.17) is 5.73 Å². The number of nitrogens with zero attached hydrogens (tertiary/aromatic N) is 2. The molecule has 0 spiro atoms. The standard InChI is InChI=1S/C19H18N4O11S3/c1-21-8-13(24)10-6-9(35(26,27)28)7-11-15(10)18(25)17(19(16(11)20)37(32,33)34)23-22-12-4-2-3-5-14(12)36(29,30)31/h2-7,21,25H,8,20H2,1H3,(H,26,27,28)(H,29,30,31)(H,32,33,34). The minimum atomic E-state index is -5.33. The first-order chi connectivity index (χ1) is 17.0. The van der Waals surface area contributed by atoms with Gasteiger partial charge in [-0.3, -0.25) is 18.5 Å². The molecular formula is C19H18N4O11S3. The van der Waals surface area contributed by atoms with Crippen LogP contribution in [0.2, 0.25) is 0 Å². The van der Waals surface area contributed by atoms with Crippen LogP contribution in [0.4, 0.5) is 17.1 Å². The number of ketones is 1. The first-order valence-corrected chi connectivity index (χ1v) is 14.0. The summed E-state index contributed by atoms with van der Waals surface area (Å²) < 4.78 is 99.9. The summed E-state index contributed by atoms with van der Waals surface area (Å²) >= 11 is 0. The Kier molecular flexibility index (Phi) is 7.39. The van der Waals surface area contributed by atoms with Gasteiger partial charge in [-0.2, -0.15) is 25.3 Å². The second-order valence-electron chi connectivity index (χ2n) is 7.38. The molecule has 15 nitrogen and oxygen atoms in total. The second kappa shape index (κ2) is 9.74. The number of Topliss-reactive ketones (excluding diaryl/α,β-unsaturated/α-hetero) is 1. The topological polar surface area (TPSA) is 263 Å². The van der Waals surface area contributed by atoms with Crippen LogP contribution in [0.5, 0.6) is 5.75 Å². The van der Waals surface area contributed by atoms with Crippen LogP contribution >= 0.6 is 0 Å². The first-order valence-electron chi connectivity index (χ1n) is 9.71. The SMILES string of the molecule is CNCC(=O)c1cc(S(=O)(=O)O)cc2c(N)c(S(=O)(=O)O)c(N=Nc3ccccc3S(=O)(=O)O)c(O)c12. The molecule has 0 aromatic heterocycles. The van der Waals surface area contributed by atoms with E-state index in [1.165, 1.54) is 19.2 Å². The number of hydrogen-bond acceptors (Lipinski definition) is 12. The Bertz CT molecular complexity index is 1800. The Labute approximate surface area is 209 Å². The molecule has 7 N–H and O–H groups in total. The van der Waals surface area contributed by atoms with Gasteiger partial charge in [-0.05, 0) is 31.3 Å². The monoisotopic (exact) mass is 574 g/mol. The minimum Gasteiger partial charge on any atom is -0.505 e. The highest BCUT2D eigenvalue weighted by atomic mass is 32.2. The van der Waals surface area contributed by atoms with Crippen molar-refractivity contribution in [2.24, 2.45) is 10.2 Å². The average molecular weight is 575 g/mol. The van der Waals surface area contributed by atoms with Crippen molar-refractivity contribution in [3.63, 3.8) is 0 Å². The van der Waals surface area contributed by atoms with Gasteiger partial charge in [0.25, 0.3) is 30.4 Å². The fourth-order valence-corrected chi connectivity index (χ4v) is 5.33. The summed E-state index contributed by atoms with van der Waals surface area (Å²) in [5.74, 6) is -1.93. The van der Waals surface area contributed by atoms with Gasteiger partial charge >= 0.3 is 0 Å². The molecule has 18 heteroatoms. The number of phenols is 1. The predicted molar refractivity (Wildman–Crippen MR) is 128 cm³/mol. The third-order valence-electron chi connectivity index (χ3n) is 4.92. The Morgan fingerprint density at radius 3 is 2.11 bits per heavy atom. The normalized spacial score (nSPS) is 12.9. The zero-order valence-corrected chi connectivity index (χ0v) is 21.0. The van der Waals surface area contributed by atoms with Crippen LogP contribution in [-0.2, 0) is 30.4 Å². The highest BCUT2D eigenvalue weighted by molar-refractivity contribution is 7.86.